The van der Waals surface area contributed by atoms with Crippen LogP contribution >= 0.6 is 0 Å². The van der Waals surface area contributed by atoms with E-state index in [1.54, 1.807) is 12.3 Å². The number of amides is 2. The molecule has 5 heteroatoms. The van der Waals surface area contributed by atoms with Crippen molar-refractivity contribution in [3.63, 3.8) is 0 Å². The lowest BCUT2D eigenvalue weighted by molar-refractivity contribution is -0.136. The molecule has 1 heterocycles. The van der Waals surface area contributed by atoms with Gasteiger partial charge in [0.05, 0.1) is 0 Å². The average molecular weight is 221 g/mol. The number of anilines is 1. The number of pyridine rings is 1. The van der Waals surface area contributed by atoms with Gasteiger partial charge in [0.1, 0.15) is 5.82 Å². The first kappa shape index (κ1) is 12.2. The zero-order valence-corrected chi connectivity index (χ0v) is 9.41. The molecule has 1 aromatic rings. The molecule has 0 unspecified atom stereocenters. The van der Waals surface area contributed by atoms with Gasteiger partial charge in [0.2, 0.25) is 0 Å². The molecule has 0 radical (unpaired) electrons. The van der Waals surface area contributed by atoms with Gasteiger partial charge in [-0.1, -0.05) is 6.92 Å². The topological polar surface area (TPSA) is 71.1 Å². The number of hydrogen-bond acceptors (Lipinski definition) is 3. The minimum absolute atomic E-state index is 0.386. The van der Waals surface area contributed by atoms with Crippen LogP contribution in [0.5, 0.6) is 0 Å². The Morgan fingerprint density at radius 3 is 2.75 bits per heavy atom. The molecule has 0 saturated heterocycles. The van der Waals surface area contributed by atoms with E-state index in [9.17, 15) is 9.59 Å². The van der Waals surface area contributed by atoms with Crippen molar-refractivity contribution in [1.29, 1.82) is 0 Å². The van der Waals surface area contributed by atoms with Gasteiger partial charge in [-0.05, 0) is 31.0 Å². The largest absolute Gasteiger partial charge is 0.348 e. The van der Waals surface area contributed by atoms with Crippen LogP contribution in [0.25, 0.3) is 0 Å². The summed E-state index contributed by atoms with van der Waals surface area (Å²) in [5.74, 6) is -0.937. The molecule has 0 atom stereocenters. The summed E-state index contributed by atoms with van der Waals surface area (Å²) in [4.78, 5) is 26.5. The quantitative estimate of drug-likeness (QED) is 0.743. The number of nitrogens with one attached hydrogen (secondary N) is 2. The molecule has 0 bridgehead atoms. The van der Waals surface area contributed by atoms with Crippen molar-refractivity contribution in [2.24, 2.45) is 0 Å². The molecule has 2 amide bonds. The van der Waals surface area contributed by atoms with Crippen molar-refractivity contribution < 1.29 is 9.59 Å². The highest BCUT2D eigenvalue weighted by molar-refractivity contribution is 6.39. The Kier molecular flexibility index (Phi) is 4.44. The average Bonchev–Trinajstić information content (AvgIpc) is 2.25. The van der Waals surface area contributed by atoms with E-state index in [1.165, 1.54) is 0 Å². The highest BCUT2D eigenvalue weighted by Crippen LogP contribution is 2.04. The highest BCUT2D eigenvalue weighted by atomic mass is 16.2. The van der Waals surface area contributed by atoms with Crippen LogP contribution in [-0.4, -0.2) is 23.3 Å². The Labute approximate surface area is 94.3 Å². The van der Waals surface area contributed by atoms with Crippen molar-refractivity contribution in [3.8, 4) is 0 Å². The van der Waals surface area contributed by atoms with Gasteiger partial charge in [-0.3, -0.25) is 9.59 Å². The summed E-state index contributed by atoms with van der Waals surface area (Å²) >= 11 is 0. The minimum atomic E-state index is -0.688. The van der Waals surface area contributed by atoms with Gasteiger partial charge in [-0.25, -0.2) is 4.98 Å². The van der Waals surface area contributed by atoms with E-state index < -0.39 is 11.8 Å². The molecule has 5 nitrogen and oxygen atoms in total. The molecule has 0 fully saturated rings. The molecule has 1 rings (SSSR count). The fourth-order valence-electron chi connectivity index (χ4n) is 1.10. The van der Waals surface area contributed by atoms with Crippen molar-refractivity contribution >= 4 is 17.6 Å². The second-order valence-corrected chi connectivity index (χ2v) is 3.43. The maximum absolute atomic E-state index is 11.4. The van der Waals surface area contributed by atoms with E-state index in [4.69, 9.17) is 0 Å². The molecule has 2 N–H and O–H groups in total. The van der Waals surface area contributed by atoms with E-state index in [2.05, 4.69) is 15.6 Å². The first-order valence-electron chi connectivity index (χ1n) is 5.15. The van der Waals surface area contributed by atoms with E-state index >= 15 is 0 Å². The van der Waals surface area contributed by atoms with Crippen molar-refractivity contribution in [1.82, 2.24) is 10.3 Å². The smallest absolute Gasteiger partial charge is 0.314 e. The van der Waals surface area contributed by atoms with Crippen LogP contribution in [0, 0.1) is 6.92 Å². The van der Waals surface area contributed by atoms with E-state index in [0.29, 0.717) is 12.4 Å². The third-order valence-corrected chi connectivity index (χ3v) is 1.90. The molecular weight excluding hydrogens is 206 g/mol. The Bertz CT molecular complexity index is 391. The maximum atomic E-state index is 11.4. The summed E-state index contributed by atoms with van der Waals surface area (Å²) in [6.07, 6.45) is 2.37. The van der Waals surface area contributed by atoms with Crippen LogP contribution in [0.2, 0.25) is 0 Å². The van der Waals surface area contributed by atoms with Crippen LogP contribution in [0.15, 0.2) is 18.3 Å². The Balaban J connectivity index is 2.54. The number of hydrogen-bond donors (Lipinski definition) is 2. The summed E-state index contributed by atoms with van der Waals surface area (Å²) in [7, 11) is 0. The predicted molar refractivity (Wildman–Crippen MR) is 60.9 cm³/mol. The first-order valence-corrected chi connectivity index (χ1v) is 5.15. The van der Waals surface area contributed by atoms with Gasteiger partial charge in [0.25, 0.3) is 0 Å². The third-order valence-electron chi connectivity index (χ3n) is 1.90. The van der Waals surface area contributed by atoms with E-state index in [0.717, 1.165) is 12.0 Å². The second-order valence-electron chi connectivity index (χ2n) is 3.43. The normalized spacial score (nSPS) is 9.62. The summed E-state index contributed by atoms with van der Waals surface area (Å²) in [6.45, 7) is 4.29. The van der Waals surface area contributed by atoms with Crippen LogP contribution in [0.4, 0.5) is 5.82 Å². The number of aromatic nitrogens is 1. The molecule has 86 valence electrons. The zero-order chi connectivity index (χ0) is 12.0. The lowest BCUT2D eigenvalue weighted by Crippen LogP contribution is -2.35. The molecule has 1 aromatic heterocycles. The van der Waals surface area contributed by atoms with Gasteiger partial charge >= 0.3 is 11.8 Å². The Morgan fingerprint density at radius 2 is 2.12 bits per heavy atom. The van der Waals surface area contributed by atoms with Crippen molar-refractivity contribution in [2.75, 3.05) is 11.9 Å². The Morgan fingerprint density at radius 1 is 1.38 bits per heavy atom. The van der Waals surface area contributed by atoms with Gasteiger partial charge in [0, 0.05) is 12.7 Å². The summed E-state index contributed by atoms with van der Waals surface area (Å²) in [5.41, 5.74) is 0.972. The summed E-state index contributed by atoms with van der Waals surface area (Å²) in [5, 5.41) is 4.92. The molecule has 16 heavy (non-hydrogen) atoms. The molecule has 0 saturated carbocycles. The van der Waals surface area contributed by atoms with Gasteiger partial charge in [0.15, 0.2) is 0 Å². The molecule has 0 spiro atoms. The predicted octanol–water partition coefficient (Wildman–Crippen LogP) is 0.855. The summed E-state index contributed by atoms with van der Waals surface area (Å²) in [6, 6.07) is 3.51. The SMILES string of the molecule is CCCNC(=O)C(=O)Nc1cc(C)ccn1. The first-order chi connectivity index (χ1) is 7.63. The summed E-state index contributed by atoms with van der Waals surface area (Å²) < 4.78 is 0. The maximum Gasteiger partial charge on any atom is 0.314 e. The fraction of sp³-hybridized carbons (Fsp3) is 0.364. The lowest BCUT2D eigenvalue weighted by Gasteiger charge is -2.05. The zero-order valence-electron chi connectivity index (χ0n) is 9.41. The fourth-order valence-corrected chi connectivity index (χ4v) is 1.10. The van der Waals surface area contributed by atoms with Crippen LogP contribution in [-0.2, 0) is 9.59 Å². The number of carbonyl (C=O) groups is 2. The molecular formula is C11H15N3O2. The van der Waals surface area contributed by atoms with E-state index in [-0.39, 0.29) is 0 Å². The van der Waals surface area contributed by atoms with Crippen molar-refractivity contribution in [3.05, 3.63) is 23.9 Å². The molecule has 0 aliphatic heterocycles. The Hall–Kier alpha value is -1.91. The van der Waals surface area contributed by atoms with Gasteiger partial charge in [-0.15, -0.1) is 0 Å². The van der Waals surface area contributed by atoms with Crippen LogP contribution < -0.4 is 10.6 Å². The van der Waals surface area contributed by atoms with Gasteiger partial charge < -0.3 is 10.6 Å². The number of rotatable bonds is 3. The number of nitrogens with zero attached hydrogens (tertiary/aromatic N) is 1. The third kappa shape index (κ3) is 3.68. The van der Waals surface area contributed by atoms with Gasteiger partial charge in [-0.2, -0.15) is 0 Å². The minimum Gasteiger partial charge on any atom is -0.348 e. The standard InChI is InChI=1S/C11H15N3O2/c1-3-5-13-10(15)11(16)14-9-7-8(2)4-6-12-9/h4,6-7H,3,5H2,1-2H3,(H,13,15)(H,12,14,16). The van der Waals surface area contributed by atoms with E-state index in [1.807, 2.05) is 19.9 Å². The highest BCUT2D eigenvalue weighted by Gasteiger charge is 2.12. The lowest BCUT2D eigenvalue weighted by atomic mass is 10.3. The van der Waals surface area contributed by atoms with Crippen molar-refractivity contribution in [2.45, 2.75) is 20.3 Å². The molecule has 0 aliphatic carbocycles. The number of carbonyl (C=O) groups excluding carboxylic acids is 2. The van der Waals surface area contributed by atoms with Crippen LogP contribution in [0.3, 0.4) is 0 Å². The number of aryl methyl sites for hydroxylation is 1. The molecule has 0 aliphatic rings. The monoisotopic (exact) mass is 221 g/mol. The van der Waals surface area contributed by atoms with Crippen LogP contribution in [0.1, 0.15) is 18.9 Å². The second kappa shape index (κ2) is 5.85. The molecule has 0 aromatic carbocycles.